The van der Waals surface area contributed by atoms with Gasteiger partial charge in [0.05, 0.1) is 41.0 Å². The molecule has 0 N–H and O–H groups in total. The van der Waals surface area contributed by atoms with Crippen LogP contribution in [0.1, 0.15) is 49.1 Å². The lowest BCUT2D eigenvalue weighted by atomic mass is 10.1. The van der Waals surface area contributed by atoms with E-state index in [-0.39, 0.29) is 23.0 Å². The van der Waals surface area contributed by atoms with Crippen molar-refractivity contribution in [2.75, 3.05) is 20.8 Å². The molecule has 2 atom stereocenters. The summed E-state index contributed by atoms with van der Waals surface area (Å²) in [4.78, 5) is 5.00. The first-order valence-electron chi connectivity index (χ1n) is 12.2. The summed E-state index contributed by atoms with van der Waals surface area (Å²) in [5.41, 5.74) is 0.469. The van der Waals surface area contributed by atoms with Crippen LogP contribution in [0.5, 0.6) is 17.2 Å². The third-order valence-corrected chi connectivity index (χ3v) is 7.34. The largest absolute Gasteiger partial charge is 0.493 e. The molecule has 0 saturated carbocycles. The summed E-state index contributed by atoms with van der Waals surface area (Å²) in [6.45, 7) is 7.71. The zero-order chi connectivity index (χ0) is 28.5. The van der Waals surface area contributed by atoms with Gasteiger partial charge in [-0.05, 0) is 75.7 Å². The molecule has 6 nitrogen and oxygen atoms in total. The molecule has 4 rings (SSSR count). The maximum Gasteiger partial charge on any atom is 0.416 e. The van der Waals surface area contributed by atoms with Crippen molar-refractivity contribution in [1.29, 1.82) is 0 Å². The van der Waals surface area contributed by atoms with E-state index in [1.165, 1.54) is 20.3 Å². The maximum atomic E-state index is 13.6. The Bertz CT molecular complexity index is 1390. The summed E-state index contributed by atoms with van der Waals surface area (Å²) >= 11 is 0. The number of hydrogen-bond donors (Lipinski definition) is 0. The van der Waals surface area contributed by atoms with Crippen molar-refractivity contribution in [3.8, 4) is 17.2 Å². The van der Waals surface area contributed by atoms with Gasteiger partial charge in [0.25, 0.3) is 0 Å². The van der Waals surface area contributed by atoms with E-state index >= 15 is 0 Å². The highest BCUT2D eigenvalue weighted by Gasteiger charge is 2.34. The van der Waals surface area contributed by atoms with Gasteiger partial charge >= 0.3 is 6.18 Å². The molecule has 0 bridgehead atoms. The molecule has 208 valence electrons. The van der Waals surface area contributed by atoms with Crippen molar-refractivity contribution in [3.05, 3.63) is 76.9 Å². The summed E-state index contributed by atoms with van der Waals surface area (Å²) in [6.07, 6.45) is -4.60. The van der Waals surface area contributed by atoms with E-state index in [1.54, 1.807) is 36.4 Å². The van der Waals surface area contributed by atoms with E-state index < -0.39 is 34.2 Å². The molecular formula is C29H30F3NO5S. The van der Waals surface area contributed by atoms with Gasteiger partial charge in [-0.1, -0.05) is 17.7 Å². The first-order valence-corrected chi connectivity index (χ1v) is 13.3. The number of aliphatic imine (C=N–C) groups is 1. The smallest absolute Gasteiger partial charge is 0.416 e. The fraction of sp³-hybridized carbons (Fsp3) is 0.345. The maximum absolute atomic E-state index is 13.6. The molecule has 0 fully saturated rings. The minimum atomic E-state index is -4.60. The van der Waals surface area contributed by atoms with Crippen LogP contribution in [0.3, 0.4) is 0 Å². The van der Waals surface area contributed by atoms with Crippen LogP contribution in [0.2, 0.25) is 0 Å². The molecule has 1 aliphatic heterocycles. The van der Waals surface area contributed by atoms with Crippen LogP contribution in [0.25, 0.3) is 0 Å². The molecule has 0 aliphatic carbocycles. The van der Waals surface area contributed by atoms with Gasteiger partial charge in [-0.25, -0.2) is 9.20 Å². The standard InChI is InChI=1S/C29H30F3NO5S/c1-17-7-10-20(11-8-17)39(34)25-15-19(29(30,31)32)9-12-21(25)27-33-22(16-37-27)18-13-23(35-5)26(24(14-18)36-6)38-28(2,3)4/h7-15,22H,16H2,1-6H3/t22-,39?/m1/s1. The van der Waals surface area contributed by atoms with Crippen LogP contribution in [0.4, 0.5) is 13.2 Å². The fourth-order valence-corrected chi connectivity index (χ4v) is 5.24. The van der Waals surface area contributed by atoms with E-state index in [1.807, 2.05) is 27.7 Å². The minimum absolute atomic E-state index is 0.0304. The highest BCUT2D eigenvalue weighted by molar-refractivity contribution is 7.85. The van der Waals surface area contributed by atoms with Crippen LogP contribution >= 0.6 is 0 Å². The Morgan fingerprint density at radius 3 is 2.10 bits per heavy atom. The van der Waals surface area contributed by atoms with Crippen molar-refractivity contribution in [2.45, 2.75) is 55.3 Å². The van der Waals surface area contributed by atoms with Gasteiger partial charge in [0.1, 0.15) is 18.2 Å². The molecule has 10 heteroatoms. The predicted octanol–water partition coefficient (Wildman–Crippen LogP) is 6.89. The van der Waals surface area contributed by atoms with Crippen LogP contribution < -0.4 is 14.2 Å². The summed E-state index contributed by atoms with van der Waals surface area (Å²) in [7, 11) is 1.13. The summed E-state index contributed by atoms with van der Waals surface area (Å²) in [5.74, 6) is 1.44. The van der Waals surface area contributed by atoms with E-state index in [0.29, 0.717) is 27.7 Å². The molecule has 0 saturated heterocycles. The topological polar surface area (TPSA) is 66.4 Å². The lowest BCUT2D eigenvalue weighted by Crippen LogP contribution is -2.23. The van der Waals surface area contributed by atoms with Gasteiger partial charge in [-0.2, -0.15) is 13.2 Å². The Balaban J connectivity index is 1.76. The average molecular weight is 562 g/mol. The number of rotatable bonds is 7. The lowest BCUT2D eigenvalue weighted by molar-refractivity contribution is -0.137. The van der Waals surface area contributed by atoms with E-state index in [0.717, 1.165) is 17.7 Å². The quantitative estimate of drug-likeness (QED) is 0.314. The zero-order valence-electron chi connectivity index (χ0n) is 22.5. The number of ether oxygens (including phenoxy) is 4. The Morgan fingerprint density at radius 2 is 1.56 bits per heavy atom. The summed E-state index contributed by atoms with van der Waals surface area (Å²) in [5, 5.41) is 0. The molecular weight excluding hydrogens is 531 g/mol. The molecule has 0 amide bonds. The second-order valence-electron chi connectivity index (χ2n) is 10.0. The monoisotopic (exact) mass is 561 g/mol. The number of benzene rings is 3. The van der Waals surface area contributed by atoms with Crippen molar-refractivity contribution < 1.29 is 36.3 Å². The molecule has 1 unspecified atom stereocenters. The predicted molar refractivity (Wildman–Crippen MR) is 142 cm³/mol. The number of halogens is 3. The molecule has 39 heavy (non-hydrogen) atoms. The highest BCUT2D eigenvalue weighted by atomic mass is 32.2. The van der Waals surface area contributed by atoms with E-state index in [2.05, 4.69) is 4.99 Å². The van der Waals surface area contributed by atoms with Gasteiger partial charge in [0.15, 0.2) is 11.5 Å². The average Bonchev–Trinajstić information content (AvgIpc) is 3.37. The summed E-state index contributed by atoms with van der Waals surface area (Å²) < 4.78 is 77.2. The fourth-order valence-electron chi connectivity index (χ4n) is 4.01. The molecule has 0 radical (unpaired) electrons. The Hall–Kier alpha value is -3.53. The number of methoxy groups -OCH3 is 2. The lowest BCUT2D eigenvalue weighted by Gasteiger charge is -2.25. The van der Waals surface area contributed by atoms with Gasteiger partial charge < -0.3 is 18.9 Å². The van der Waals surface area contributed by atoms with Crippen LogP contribution in [0.15, 0.2) is 69.4 Å². The van der Waals surface area contributed by atoms with Crippen molar-refractivity contribution >= 4 is 16.7 Å². The second-order valence-corrected chi connectivity index (χ2v) is 11.5. The first kappa shape index (κ1) is 28.5. The normalized spacial score (nSPS) is 16.3. The number of nitrogens with zero attached hydrogens (tertiary/aromatic N) is 1. The third-order valence-electron chi connectivity index (χ3n) is 5.90. The molecule has 1 heterocycles. The first-order chi connectivity index (χ1) is 18.3. The summed E-state index contributed by atoms with van der Waals surface area (Å²) in [6, 6.07) is 12.9. The van der Waals surface area contributed by atoms with Crippen molar-refractivity contribution in [3.63, 3.8) is 0 Å². The van der Waals surface area contributed by atoms with Gasteiger partial charge in [-0.3, -0.25) is 0 Å². The van der Waals surface area contributed by atoms with Crippen molar-refractivity contribution in [2.24, 2.45) is 4.99 Å². The number of alkyl halides is 3. The molecule has 3 aromatic rings. The van der Waals surface area contributed by atoms with Gasteiger partial charge in [0.2, 0.25) is 11.6 Å². The van der Waals surface area contributed by atoms with Crippen LogP contribution in [-0.2, 0) is 21.7 Å². The van der Waals surface area contributed by atoms with E-state index in [4.69, 9.17) is 18.9 Å². The molecule has 0 aromatic heterocycles. The Morgan fingerprint density at radius 1 is 0.949 bits per heavy atom. The van der Waals surface area contributed by atoms with Crippen molar-refractivity contribution in [1.82, 2.24) is 0 Å². The SMILES string of the molecule is COc1cc([C@H]2COC(c3ccc(C(F)(F)F)cc3S(=O)c3ccc(C)cc3)=N2)cc(OC)c1OC(C)(C)C. The number of hydrogen-bond acceptors (Lipinski definition) is 6. The van der Waals surface area contributed by atoms with Gasteiger partial charge in [0, 0.05) is 4.90 Å². The molecule has 0 spiro atoms. The second kappa shape index (κ2) is 10.9. The molecule has 3 aromatic carbocycles. The molecule has 1 aliphatic rings. The Kier molecular flexibility index (Phi) is 7.97. The van der Waals surface area contributed by atoms with Crippen LogP contribution in [0, 0.1) is 6.92 Å². The number of aryl methyl sites for hydroxylation is 1. The third kappa shape index (κ3) is 6.38. The minimum Gasteiger partial charge on any atom is -0.493 e. The van der Waals surface area contributed by atoms with Crippen LogP contribution in [-0.4, -0.2) is 36.5 Å². The highest BCUT2D eigenvalue weighted by Crippen LogP contribution is 2.43. The van der Waals surface area contributed by atoms with Gasteiger partial charge in [-0.15, -0.1) is 0 Å². The Labute approximate surface area is 228 Å². The zero-order valence-corrected chi connectivity index (χ0v) is 23.3. The van der Waals surface area contributed by atoms with E-state index in [9.17, 15) is 17.4 Å².